The Kier molecular flexibility index (Phi) is 23.1. The third-order valence-electron chi connectivity index (χ3n) is 7.89. The van der Waals surface area contributed by atoms with Crippen molar-refractivity contribution in [1.29, 1.82) is 0 Å². The molecule has 2 aromatic carbocycles. The largest absolute Gasteiger partial charge is 0.422 e. The Hall–Kier alpha value is -3.15. The van der Waals surface area contributed by atoms with Crippen LogP contribution in [-0.4, -0.2) is 24.1 Å². The maximum atomic E-state index is 12.3. The molecule has 0 unspecified atom stereocenters. The Balaban J connectivity index is 0.000000479. The molecule has 46 heavy (non-hydrogen) atoms. The van der Waals surface area contributed by atoms with Gasteiger partial charge in [-0.25, -0.2) is 9.59 Å². The van der Waals surface area contributed by atoms with Gasteiger partial charge in [0, 0.05) is 12.8 Å². The Morgan fingerprint density at radius 1 is 0.587 bits per heavy atom. The quantitative estimate of drug-likeness (QED) is 0.0743. The maximum Gasteiger partial charge on any atom is 0.341 e. The lowest BCUT2D eigenvalue weighted by atomic mass is 9.90. The summed E-state index contributed by atoms with van der Waals surface area (Å²) in [6, 6.07) is 17.4. The van der Waals surface area contributed by atoms with E-state index in [1.807, 2.05) is 12.1 Å². The molecule has 0 aromatic heterocycles. The number of amides is 1. The van der Waals surface area contributed by atoms with E-state index in [0.29, 0.717) is 24.0 Å². The smallest absolute Gasteiger partial charge is 0.341 e. The number of primary amides is 1. The fourth-order valence-corrected chi connectivity index (χ4v) is 5.13. The van der Waals surface area contributed by atoms with Crippen LogP contribution in [0.3, 0.4) is 0 Å². The van der Waals surface area contributed by atoms with E-state index in [4.69, 9.17) is 15.2 Å². The van der Waals surface area contributed by atoms with Gasteiger partial charge in [0.05, 0.1) is 11.1 Å². The first-order chi connectivity index (χ1) is 22.1. The van der Waals surface area contributed by atoms with Gasteiger partial charge in [-0.2, -0.15) is 0 Å². The molecule has 0 spiro atoms. The van der Waals surface area contributed by atoms with Crippen molar-refractivity contribution in [2.75, 3.05) is 0 Å². The van der Waals surface area contributed by atoms with Crippen LogP contribution in [0.25, 0.3) is 0 Å². The van der Waals surface area contributed by atoms with E-state index in [2.05, 4.69) is 27.7 Å². The molecule has 0 aliphatic carbocycles. The molecule has 2 N–H and O–H groups in total. The normalized spacial score (nSPS) is 11.1. The highest BCUT2D eigenvalue weighted by Gasteiger charge is 2.22. The first-order valence-corrected chi connectivity index (χ1v) is 17.9. The number of hydrogen-bond donors (Lipinski definition) is 1. The van der Waals surface area contributed by atoms with Crippen molar-refractivity contribution in [1.82, 2.24) is 0 Å². The van der Waals surface area contributed by atoms with Crippen molar-refractivity contribution in [2.24, 2.45) is 11.1 Å². The summed E-state index contributed by atoms with van der Waals surface area (Å²) in [7, 11) is 0. The van der Waals surface area contributed by atoms with Gasteiger partial charge in [-0.3, -0.25) is 4.79 Å². The van der Waals surface area contributed by atoms with Gasteiger partial charge in [0.2, 0.25) is 12.2 Å². The fraction of sp³-hybridized carbons (Fsp3) is 0.625. The van der Waals surface area contributed by atoms with Crippen molar-refractivity contribution >= 4 is 17.8 Å². The molecule has 2 rings (SSSR count). The number of carbonyl (C=O) groups is 3. The van der Waals surface area contributed by atoms with Gasteiger partial charge in [0.15, 0.2) is 0 Å². The van der Waals surface area contributed by atoms with Crippen LogP contribution < -0.4 is 5.73 Å². The van der Waals surface area contributed by atoms with E-state index in [-0.39, 0.29) is 11.3 Å². The number of ether oxygens (including phenoxy) is 2. The topological polar surface area (TPSA) is 95.7 Å². The van der Waals surface area contributed by atoms with E-state index >= 15 is 0 Å². The molecule has 6 nitrogen and oxygen atoms in total. The highest BCUT2D eigenvalue weighted by Crippen LogP contribution is 2.23. The lowest BCUT2D eigenvalue weighted by Gasteiger charge is -2.21. The van der Waals surface area contributed by atoms with Crippen LogP contribution in [0.15, 0.2) is 60.7 Å². The Bertz CT molecular complexity index is 995. The summed E-state index contributed by atoms with van der Waals surface area (Å²) in [5.41, 5.74) is 6.14. The predicted octanol–water partition coefficient (Wildman–Crippen LogP) is 11.0. The molecule has 0 radical (unpaired) electrons. The molecular weight excluding hydrogens is 574 g/mol. The van der Waals surface area contributed by atoms with Gasteiger partial charge in [-0.1, -0.05) is 154 Å². The average molecular weight is 638 g/mol. The molecule has 0 fully saturated rings. The third kappa shape index (κ3) is 23.2. The van der Waals surface area contributed by atoms with Crippen LogP contribution in [0, 0.1) is 5.41 Å². The molecule has 0 aliphatic heterocycles. The van der Waals surface area contributed by atoms with E-state index in [1.165, 1.54) is 89.9 Å². The fourth-order valence-electron chi connectivity index (χ4n) is 5.13. The Labute approximate surface area is 280 Å². The second-order valence-corrected chi connectivity index (χ2v) is 13.6. The van der Waals surface area contributed by atoms with Crippen LogP contribution in [0.4, 0.5) is 0 Å². The monoisotopic (exact) mass is 637 g/mol. The number of hydrogen-bond acceptors (Lipinski definition) is 5. The van der Waals surface area contributed by atoms with E-state index < -0.39 is 18.2 Å². The molecular formula is C40H63NO5. The van der Waals surface area contributed by atoms with Crippen molar-refractivity contribution in [3.63, 3.8) is 0 Å². The molecule has 2 aromatic rings. The number of esters is 2. The summed E-state index contributed by atoms with van der Waals surface area (Å²) in [4.78, 5) is 35.2. The van der Waals surface area contributed by atoms with Gasteiger partial charge < -0.3 is 15.2 Å². The summed E-state index contributed by atoms with van der Waals surface area (Å²) >= 11 is 0. The minimum Gasteiger partial charge on any atom is -0.422 e. The summed E-state index contributed by atoms with van der Waals surface area (Å²) in [6.07, 6.45) is 22.2. The van der Waals surface area contributed by atoms with Crippen molar-refractivity contribution in [3.8, 4) is 0 Å². The zero-order chi connectivity index (χ0) is 33.9. The molecule has 0 saturated carbocycles. The van der Waals surface area contributed by atoms with Gasteiger partial charge in [-0.15, -0.1) is 0 Å². The number of carbonyl (C=O) groups excluding carboxylic acids is 3. The van der Waals surface area contributed by atoms with Crippen LogP contribution >= 0.6 is 0 Å². The Morgan fingerprint density at radius 2 is 0.957 bits per heavy atom. The van der Waals surface area contributed by atoms with Crippen LogP contribution in [0.2, 0.25) is 0 Å². The lowest BCUT2D eigenvalue weighted by molar-refractivity contribution is -0.118. The van der Waals surface area contributed by atoms with Crippen molar-refractivity contribution < 1.29 is 23.9 Å². The van der Waals surface area contributed by atoms with E-state index in [0.717, 1.165) is 19.3 Å². The molecule has 0 saturated heterocycles. The number of rotatable bonds is 23. The standard InChI is InChI=1S/C22H26O4.C18H37NO/c1-22(2,3)16-10-15-19(25-20(23)17-11-6-4-7-12-17)26-21(24)18-13-8-5-9-14-18;1-2-3-4-5-6-7-8-9-10-11-12-13-14-15-16-17-18(19)20/h4-9,11-14,19H,10,15-16H2,1-3H3;2-17H2,1H3,(H2,19,20). The number of unbranched alkanes of at least 4 members (excludes halogenated alkanes) is 14. The molecule has 258 valence electrons. The molecule has 0 bridgehead atoms. The third-order valence-corrected chi connectivity index (χ3v) is 7.89. The van der Waals surface area contributed by atoms with Gasteiger partial charge in [0.1, 0.15) is 0 Å². The number of nitrogens with two attached hydrogens (primary N) is 1. The molecule has 0 aliphatic rings. The number of benzene rings is 2. The zero-order valence-corrected chi connectivity index (χ0v) is 29.4. The van der Waals surface area contributed by atoms with Crippen molar-refractivity contribution in [2.45, 2.75) is 156 Å². The highest BCUT2D eigenvalue weighted by atomic mass is 16.7. The highest BCUT2D eigenvalue weighted by molar-refractivity contribution is 5.91. The second kappa shape index (κ2) is 26.0. The SMILES string of the molecule is CC(C)(C)CCCC(OC(=O)c1ccccc1)OC(=O)c1ccccc1.CCCCCCCCCCCCCCCCCC(N)=O. The zero-order valence-electron chi connectivity index (χ0n) is 29.4. The molecule has 6 heteroatoms. The van der Waals surface area contributed by atoms with Gasteiger partial charge in [-0.05, 0) is 48.9 Å². The summed E-state index contributed by atoms with van der Waals surface area (Å²) in [5.74, 6) is -1.14. The lowest BCUT2D eigenvalue weighted by Crippen LogP contribution is -2.25. The average Bonchev–Trinajstić information content (AvgIpc) is 3.03. The summed E-state index contributed by atoms with van der Waals surface area (Å²) in [5, 5.41) is 0. The van der Waals surface area contributed by atoms with Crippen LogP contribution in [0.5, 0.6) is 0 Å². The first-order valence-electron chi connectivity index (χ1n) is 17.9. The summed E-state index contributed by atoms with van der Waals surface area (Å²) < 4.78 is 10.9. The van der Waals surface area contributed by atoms with Crippen molar-refractivity contribution in [3.05, 3.63) is 71.8 Å². The van der Waals surface area contributed by atoms with Crippen LogP contribution in [0.1, 0.15) is 170 Å². The van der Waals surface area contributed by atoms with Gasteiger partial charge in [0.25, 0.3) is 0 Å². The first kappa shape index (κ1) is 40.9. The minimum absolute atomic E-state index is 0.153. The van der Waals surface area contributed by atoms with Crippen LogP contribution in [-0.2, 0) is 14.3 Å². The molecule has 0 heterocycles. The molecule has 1 amide bonds. The molecule has 0 atom stereocenters. The minimum atomic E-state index is -0.905. The Morgan fingerprint density at radius 3 is 1.30 bits per heavy atom. The van der Waals surface area contributed by atoms with E-state index in [1.54, 1.807) is 48.5 Å². The summed E-state index contributed by atoms with van der Waals surface area (Å²) in [6.45, 7) is 8.72. The van der Waals surface area contributed by atoms with E-state index in [9.17, 15) is 14.4 Å². The van der Waals surface area contributed by atoms with Gasteiger partial charge >= 0.3 is 11.9 Å². The maximum absolute atomic E-state index is 12.3. The second-order valence-electron chi connectivity index (χ2n) is 13.6. The predicted molar refractivity (Wildman–Crippen MR) is 190 cm³/mol.